The topological polar surface area (TPSA) is 36.4 Å². The first kappa shape index (κ1) is 16.4. The molecule has 25 heavy (non-hydrogen) atoms. The van der Waals surface area contributed by atoms with Crippen molar-refractivity contribution in [1.29, 1.82) is 0 Å². The van der Waals surface area contributed by atoms with Gasteiger partial charge in [0.2, 0.25) is 5.91 Å². The van der Waals surface area contributed by atoms with Crippen molar-refractivity contribution in [2.75, 3.05) is 24.5 Å². The number of carbonyl (C=O) groups excluding carboxylic acids is 1. The highest BCUT2D eigenvalue weighted by Gasteiger charge is 2.31. The van der Waals surface area contributed by atoms with E-state index in [4.69, 9.17) is 4.98 Å². The molecule has 1 aliphatic carbocycles. The Balaban J connectivity index is 1.62. The summed E-state index contributed by atoms with van der Waals surface area (Å²) in [6.07, 6.45) is 4.89. The number of amides is 1. The Kier molecular flexibility index (Phi) is 4.14. The molecule has 4 rings (SSSR count). The zero-order valence-corrected chi connectivity index (χ0v) is 15.5. The summed E-state index contributed by atoms with van der Waals surface area (Å²) in [5, 5.41) is 1.21. The fourth-order valence-corrected chi connectivity index (χ4v) is 4.33. The van der Waals surface area contributed by atoms with Crippen LogP contribution in [0.4, 0.5) is 5.82 Å². The second kappa shape index (κ2) is 6.32. The lowest BCUT2D eigenvalue weighted by molar-refractivity contribution is -0.133. The lowest BCUT2D eigenvalue weighted by atomic mass is 10.0. The molecular formula is C21H27N3O. The quantitative estimate of drug-likeness (QED) is 0.837. The third-order valence-corrected chi connectivity index (χ3v) is 6.05. The van der Waals surface area contributed by atoms with Gasteiger partial charge in [0, 0.05) is 24.5 Å². The number of piperazine rings is 1. The van der Waals surface area contributed by atoms with Crippen molar-refractivity contribution in [2.24, 2.45) is 0 Å². The Labute approximate surface area is 149 Å². The molecule has 1 aliphatic heterocycles. The van der Waals surface area contributed by atoms with Crippen LogP contribution in [0.5, 0.6) is 0 Å². The van der Waals surface area contributed by atoms with Gasteiger partial charge in [-0.15, -0.1) is 0 Å². The van der Waals surface area contributed by atoms with Crippen LogP contribution in [0.3, 0.4) is 0 Å². The molecule has 0 bridgehead atoms. The first-order valence-corrected chi connectivity index (χ1v) is 9.46. The maximum absolute atomic E-state index is 12.7. The van der Waals surface area contributed by atoms with Gasteiger partial charge in [-0.3, -0.25) is 4.79 Å². The lowest BCUT2D eigenvalue weighted by Crippen LogP contribution is -2.53. The Bertz CT molecular complexity index is 823. The van der Waals surface area contributed by atoms with Crippen LogP contribution >= 0.6 is 0 Å². The number of hydrogen-bond donors (Lipinski definition) is 0. The summed E-state index contributed by atoms with van der Waals surface area (Å²) in [5.41, 5.74) is 4.80. The number of fused-ring (bicyclic) bond motifs is 1. The molecule has 0 unspecified atom stereocenters. The van der Waals surface area contributed by atoms with Crippen LogP contribution in [-0.4, -0.2) is 41.5 Å². The van der Waals surface area contributed by atoms with E-state index < -0.39 is 0 Å². The van der Waals surface area contributed by atoms with Gasteiger partial charge in [0.15, 0.2) is 0 Å². The summed E-state index contributed by atoms with van der Waals surface area (Å²) in [7, 11) is 0. The summed E-state index contributed by atoms with van der Waals surface area (Å²) in [5.74, 6) is 1.21. The van der Waals surface area contributed by atoms with Gasteiger partial charge in [-0.2, -0.15) is 0 Å². The van der Waals surface area contributed by atoms with Crippen LogP contribution < -0.4 is 4.90 Å². The molecule has 1 saturated heterocycles. The Morgan fingerprint density at radius 3 is 2.52 bits per heavy atom. The number of pyridine rings is 1. The minimum Gasteiger partial charge on any atom is -0.345 e. The number of aryl methyl sites for hydroxylation is 3. The van der Waals surface area contributed by atoms with Crippen molar-refractivity contribution in [3.8, 4) is 0 Å². The fourth-order valence-electron chi connectivity index (χ4n) is 4.33. The van der Waals surface area contributed by atoms with Crippen molar-refractivity contribution >= 4 is 22.6 Å². The summed E-state index contributed by atoms with van der Waals surface area (Å²) in [6.45, 7) is 8.57. The third kappa shape index (κ3) is 2.88. The smallest absolute Gasteiger partial charge is 0.242 e. The van der Waals surface area contributed by atoms with E-state index in [-0.39, 0.29) is 5.91 Å². The SMILES string of the molecule is Cc1ccc2c(C)cc(N3CCN(C4CCCC4)C(=O)C3)nc2c1C. The second-order valence-corrected chi connectivity index (χ2v) is 7.65. The number of hydrogen-bond acceptors (Lipinski definition) is 3. The van der Waals surface area contributed by atoms with E-state index in [1.54, 1.807) is 0 Å². The molecule has 0 radical (unpaired) electrons. The largest absolute Gasteiger partial charge is 0.345 e. The molecule has 0 atom stereocenters. The number of nitrogens with zero attached hydrogens (tertiary/aromatic N) is 3. The van der Waals surface area contributed by atoms with E-state index in [0.29, 0.717) is 12.6 Å². The first-order valence-electron chi connectivity index (χ1n) is 9.46. The van der Waals surface area contributed by atoms with Crippen LogP contribution in [0.15, 0.2) is 18.2 Å². The molecule has 1 amide bonds. The zero-order chi connectivity index (χ0) is 17.6. The number of benzene rings is 1. The van der Waals surface area contributed by atoms with E-state index in [1.165, 1.54) is 47.8 Å². The van der Waals surface area contributed by atoms with Gasteiger partial charge < -0.3 is 9.80 Å². The minimum absolute atomic E-state index is 0.263. The van der Waals surface area contributed by atoms with Crippen molar-refractivity contribution in [3.05, 3.63) is 34.9 Å². The van der Waals surface area contributed by atoms with Crippen molar-refractivity contribution in [2.45, 2.75) is 52.5 Å². The molecule has 0 spiro atoms. The van der Waals surface area contributed by atoms with Gasteiger partial charge in [-0.1, -0.05) is 25.0 Å². The molecule has 1 aromatic heterocycles. The molecule has 2 heterocycles. The van der Waals surface area contributed by atoms with Gasteiger partial charge in [0.1, 0.15) is 5.82 Å². The van der Waals surface area contributed by atoms with E-state index in [1.807, 2.05) is 0 Å². The number of rotatable bonds is 2. The Hall–Kier alpha value is -2.10. The Morgan fingerprint density at radius 2 is 1.80 bits per heavy atom. The van der Waals surface area contributed by atoms with Crippen molar-refractivity contribution in [1.82, 2.24) is 9.88 Å². The molecule has 4 heteroatoms. The molecule has 2 aliphatic rings. The molecule has 2 fully saturated rings. The van der Waals surface area contributed by atoms with E-state index in [9.17, 15) is 4.79 Å². The summed E-state index contributed by atoms with van der Waals surface area (Å²) in [6, 6.07) is 6.93. The molecule has 2 aromatic rings. The lowest BCUT2D eigenvalue weighted by Gasteiger charge is -2.38. The summed E-state index contributed by atoms with van der Waals surface area (Å²) < 4.78 is 0. The molecular weight excluding hydrogens is 310 g/mol. The highest BCUT2D eigenvalue weighted by molar-refractivity contribution is 5.88. The maximum atomic E-state index is 12.7. The highest BCUT2D eigenvalue weighted by atomic mass is 16.2. The number of anilines is 1. The van der Waals surface area contributed by atoms with Crippen LogP contribution in [0.2, 0.25) is 0 Å². The van der Waals surface area contributed by atoms with E-state index in [2.05, 4.69) is 48.8 Å². The van der Waals surface area contributed by atoms with Gasteiger partial charge in [-0.05, 0) is 56.4 Å². The van der Waals surface area contributed by atoms with E-state index >= 15 is 0 Å². The summed E-state index contributed by atoms with van der Waals surface area (Å²) >= 11 is 0. The average molecular weight is 337 g/mol. The van der Waals surface area contributed by atoms with Crippen LogP contribution in [0.1, 0.15) is 42.4 Å². The van der Waals surface area contributed by atoms with Gasteiger partial charge in [0.05, 0.1) is 12.1 Å². The zero-order valence-electron chi connectivity index (χ0n) is 15.5. The third-order valence-electron chi connectivity index (χ3n) is 6.05. The van der Waals surface area contributed by atoms with Gasteiger partial charge in [-0.25, -0.2) is 4.98 Å². The monoisotopic (exact) mass is 337 g/mol. The Morgan fingerprint density at radius 1 is 1.04 bits per heavy atom. The predicted octanol–water partition coefficient (Wildman–Crippen LogP) is 3.75. The molecule has 1 aromatic carbocycles. The standard InChI is InChI=1S/C21H27N3O/c1-14-8-9-18-15(2)12-19(22-21(18)16(14)3)23-10-11-24(20(25)13-23)17-6-4-5-7-17/h8-9,12,17H,4-7,10-11,13H2,1-3H3. The summed E-state index contributed by atoms with van der Waals surface area (Å²) in [4.78, 5) is 21.9. The molecule has 0 N–H and O–H groups in total. The van der Waals surface area contributed by atoms with Gasteiger partial charge >= 0.3 is 0 Å². The van der Waals surface area contributed by atoms with Crippen molar-refractivity contribution < 1.29 is 4.79 Å². The average Bonchev–Trinajstić information content (AvgIpc) is 3.12. The van der Waals surface area contributed by atoms with E-state index in [0.717, 1.165) is 24.4 Å². The molecule has 4 nitrogen and oxygen atoms in total. The minimum atomic E-state index is 0.263. The van der Waals surface area contributed by atoms with Crippen LogP contribution in [-0.2, 0) is 4.79 Å². The second-order valence-electron chi connectivity index (χ2n) is 7.65. The number of aromatic nitrogens is 1. The van der Waals surface area contributed by atoms with Crippen LogP contribution in [0.25, 0.3) is 10.9 Å². The van der Waals surface area contributed by atoms with Crippen LogP contribution in [0, 0.1) is 20.8 Å². The molecule has 1 saturated carbocycles. The first-order chi connectivity index (χ1) is 12.0. The van der Waals surface area contributed by atoms with Gasteiger partial charge in [0.25, 0.3) is 0 Å². The normalized spacial score (nSPS) is 19.2. The number of carbonyl (C=O) groups is 1. The predicted molar refractivity (Wildman–Crippen MR) is 102 cm³/mol. The van der Waals surface area contributed by atoms with Crippen molar-refractivity contribution in [3.63, 3.8) is 0 Å². The molecule has 132 valence electrons. The fraction of sp³-hybridized carbons (Fsp3) is 0.524. The maximum Gasteiger partial charge on any atom is 0.242 e. The highest BCUT2D eigenvalue weighted by Crippen LogP contribution is 2.29.